The van der Waals surface area contributed by atoms with E-state index >= 15 is 0 Å². The van der Waals surface area contributed by atoms with E-state index in [2.05, 4.69) is 17.6 Å². The molecular weight excluding hydrogens is 382 g/mol. The summed E-state index contributed by atoms with van der Waals surface area (Å²) in [7, 11) is 1.60. The number of carbonyl (C=O) groups excluding carboxylic acids is 3. The molecule has 1 aliphatic heterocycles. The molecule has 7 heteroatoms. The highest BCUT2D eigenvalue weighted by atomic mass is 16.3. The summed E-state index contributed by atoms with van der Waals surface area (Å²) in [6.45, 7) is 6.68. The second kappa shape index (κ2) is 11.5. The molecule has 2 aliphatic rings. The van der Waals surface area contributed by atoms with Crippen molar-refractivity contribution in [3.05, 3.63) is 12.2 Å². The zero-order chi connectivity index (χ0) is 22.3. The van der Waals surface area contributed by atoms with E-state index in [9.17, 15) is 14.4 Å². The second-order valence-electron chi connectivity index (χ2n) is 8.66. The number of aliphatic hydroxyl groups excluding tert-OH is 1. The fraction of sp³-hybridized carbons (Fsp3) is 0.783. The number of carbonyl (C=O) groups is 3. The predicted molar refractivity (Wildman–Crippen MR) is 116 cm³/mol. The number of fused-ring (bicyclic) bond motifs is 1. The predicted octanol–water partition coefficient (Wildman–Crippen LogP) is 1.86. The van der Waals surface area contributed by atoms with Gasteiger partial charge in [-0.25, -0.2) is 0 Å². The smallest absolute Gasteiger partial charge is 0.243 e. The minimum atomic E-state index is -0.586. The lowest BCUT2D eigenvalue weighted by Gasteiger charge is -2.34. The summed E-state index contributed by atoms with van der Waals surface area (Å²) in [6.07, 6.45) is 8.85. The lowest BCUT2D eigenvalue weighted by Crippen LogP contribution is -2.49. The molecule has 3 amide bonds. The van der Waals surface area contributed by atoms with E-state index in [1.165, 1.54) is 0 Å². The van der Waals surface area contributed by atoms with Crippen LogP contribution in [0.3, 0.4) is 0 Å². The average molecular weight is 422 g/mol. The summed E-state index contributed by atoms with van der Waals surface area (Å²) in [6, 6.07) is -0.546. The van der Waals surface area contributed by atoms with E-state index in [4.69, 9.17) is 5.11 Å². The first-order valence-corrected chi connectivity index (χ1v) is 11.5. The topological polar surface area (TPSA) is 98.7 Å². The SMILES string of the molecule is CCCC(C)NC(=O)[C@@H]1[C@H]2C=C[C@@H](CC)[C@@H](C(=O)NC)[C@H]2C(=O)N1CCCCCO. The summed E-state index contributed by atoms with van der Waals surface area (Å²) in [5.41, 5.74) is 0. The third kappa shape index (κ3) is 5.23. The Kier molecular flexibility index (Phi) is 9.34. The Morgan fingerprint density at radius 1 is 1.17 bits per heavy atom. The van der Waals surface area contributed by atoms with E-state index in [0.29, 0.717) is 13.0 Å². The molecule has 0 saturated carbocycles. The van der Waals surface area contributed by atoms with Crippen molar-refractivity contribution in [3.8, 4) is 0 Å². The Bertz CT molecular complexity index is 636. The molecule has 0 aromatic carbocycles. The highest BCUT2D eigenvalue weighted by Gasteiger charge is 2.56. The number of nitrogens with zero attached hydrogens (tertiary/aromatic N) is 1. The molecule has 0 aromatic heterocycles. The number of likely N-dealkylation sites (tertiary alicyclic amines) is 1. The molecule has 1 heterocycles. The molecule has 30 heavy (non-hydrogen) atoms. The maximum atomic E-state index is 13.5. The Morgan fingerprint density at radius 2 is 1.90 bits per heavy atom. The summed E-state index contributed by atoms with van der Waals surface area (Å²) < 4.78 is 0. The van der Waals surface area contributed by atoms with Gasteiger partial charge in [0.2, 0.25) is 17.7 Å². The van der Waals surface area contributed by atoms with Gasteiger partial charge < -0.3 is 20.6 Å². The van der Waals surface area contributed by atoms with Crippen LogP contribution in [0.25, 0.3) is 0 Å². The van der Waals surface area contributed by atoms with E-state index in [1.54, 1.807) is 11.9 Å². The number of allylic oxidation sites excluding steroid dienone is 1. The van der Waals surface area contributed by atoms with Gasteiger partial charge in [0.15, 0.2) is 0 Å². The first-order chi connectivity index (χ1) is 14.4. The van der Waals surface area contributed by atoms with Crippen LogP contribution in [0, 0.1) is 23.7 Å². The minimum Gasteiger partial charge on any atom is -0.396 e. The number of rotatable bonds is 11. The summed E-state index contributed by atoms with van der Waals surface area (Å²) in [5, 5.41) is 14.9. The van der Waals surface area contributed by atoms with Gasteiger partial charge in [0.05, 0.1) is 11.8 Å². The van der Waals surface area contributed by atoms with Crippen molar-refractivity contribution in [3.63, 3.8) is 0 Å². The third-order valence-electron chi connectivity index (χ3n) is 6.57. The van der Waals surface area contributed by atoms with Gasteiger partial charge in [-0.2, -0.15) is 0 Å². The number of amides is 3. The van der Waals surface area contributed by atoms with Crippen molar-refractivity contribution in [1.82, 2.24) is 15.5 Å². The van der Waals surface area contributed by atoms with Crippen LogP contribution in [0.15, 0.2) is 12.2 Å². The van der Waals surface area contributed by atoms with Gasteiger partial charge in [-0.05, 0) is 44.9 Å². The van der Waals surface area contributed by atoms with Gasteiger partial charge in [-0.15, -0.1) is 0 Å². The molecule has 1 saturated heterocycles. The van der Waals surface area contributed by atoms with Crippen LogP contribution in [-0.2, 0) is 14.4 Å². The van der Waals surface area contributed by atoms with Crippen molar-refractivity contribution in [1.29, 1.82) is 0 Å². The summed E-state index contributed by atoms with van der Waals surface area (Å²) in [5.74, 6) is -1.61. The van der Waals surface area contributed by atoms with Crippen LogP contribution in [0.5, 0.6) is 0 Å². The number of nitrogens with one attached hydrogen (secondary N) is 2. The van der Waals surface area contributed by atoms with Gasteiger partial charge in [0.25, 0.3) is 0 Å². The van der Waals surface area contributed by atoms with Crippen LogP contribution in [0.1, 0.15) is 59.3 Å². The monoisotopic (exact) mass is 421 g/mol. The first kappa shape index (κ1) is 24.4. The maximum Gasteiger partial charge on any atom is 0.243 e. The Balaban J connectivity index is 2.33. The standard InChI is InChI=1S/C23H39N3O4/c1-5-10-15(3)25-22(29)20-17-12-11-16(6-2)18(21(28)24-4)19(17)23(30)26(20)13-8-7-9-14-27/h11-12,15-20,27H,5-10,13-14H2,1-4H3,(H,24,28)(H,25,29)/t15?,16-,17+,18-,19+,20+/m1/s1. The van der Waals surface area contributed by atoms with Gasteiger partial charge >= 0.3 is 0 Å². The molecule has 3 N–H and O–H groups in total. The van der Waals surface area contributed by atoms with Crippen molar-refractivity contribution in [2.45, 2.75) is 71.4 Å². The highest BCUT2D eigenvalue weighted by molar-refractivity contribution is 5.96. The van der Waals surface area contributed by atoms with E-state index in [0.717, 1.165) is 32.1 Å². The average Bonchev–Trinajstić information content (AvgIpc) is 3.01. The van der Waals surface area contributed by atoms with Gasteiger partial charge in [-0.3, -0.25) is 14.4 Å². The number of aliphatic hydroxyl groups is 1. The Morgan fingerprint density at radius 3 is 2.50 bits per heavy atom. The molecule has 1 aliphatic carbocycles. The largest absolute Gasteiger partial charge is 0.396 e. The molecular formula is C23H39N3O4. The lowest BCUT2D eigenvalue weighted by atomic mass is 9.69. The molecule has 170 valence electrons. The minimum absolute atomic E-state index is 0.00721. The molecule has 1 unspecified atom stereocenters. The number of unbranched alkanes of at least 4 members (excludes halogenated alkanes) is 2. The van der Waals surface area contributed by atoms with Crippen LogP contribution in [-0.4, -0.2) is 60.0 Å². The van der Waals surface area contributed by atoms with Gasteiger partial charge in [-0.1, -0.05) is 32.4 Å². The zero-order valence-corrected chi connectivity index (χ0v) is 18.9. The molecule has 0 spiro atoms. The molecule has 6 atom stereocenters. The highest BCUT2D eigenvalue weighted by Crippen LogP contribution is 2.45. The third-order valence-corrected chi connectivity index (χ3v) is 6.57. The lowest BCUT2D eigenvalue weighted by molar-refractivity contribution is -0.141. The zero-order valence-electron chi connectivity index (χ0n) is 18.9. The molecule has 7 nitrogen and oxygen atoms in total. The Hall–Kier alpha value is -1.89. The molecule has 0 radical (unpaired) electrons. The summed E-state index contributed by atoms with van der Waals surface area (Å²) in [4.78, 5) is 41.2. The molecule has 1 fully saturated rings. The maximum absolute atomic E-state index is 13.5. The molecule has 0 bridgehead atoms. The van der Waals surface area contributed by atoms with E-state index < -0.39 is 17.9 Å². The first-order valence-electron chi connectivity index (χ1n) is 11.5. The normalized spacial score (nSPS) is 28.9. The van der Waals surface area contributed by atoms with Gasteiger partial charge in [0, 0.05) is 32.2 Å². The van der Waals surface area contributed by atoms with E-state index in [1.807, 2.05) is 26.0 Å². The number of hydrogen-bond donors (Lipinski definition) is 3. The number of hydrogen-bond acceptors (Lipinski definition) is 4. The van der Waals surface area contributed by atoms with Crippen LogP contribution in [0.4, 0.5) is 0 Å². The fourth-order valence-corrected chi connectivity index (χ4v) is 5.06. The molecule has 2 rings (SSSR count). The quantitative estimate of drug-likeness (QED) is 0.350. The van der Waals surface area contributed by atoms with Crippen molar-refractivity contribution in [2.24, 2.45) is 23.7 Å². The molecule has 0 aromatic rings. The van der Waals surface area contributed by atoms with Crippen LogP contribution >= 0.6 is 0 Å². The van der Waals surface area contributed by atoms with Crippen molar-refractivity contribution >= 4 is 17.7 Å². The van der Waals surface area contributed by atoms with Crippen molar-refractivity contribution in [2.75, 3.05) is 20.2 Å². The van der Waals surface area contributed by atoms with Crippen LogP contribution in [0.2, 0.25) is 0 Å². The van der Waals surface area contributed by atoms with Crippen LogP contribution < -0.4 is 10.6 Å². The second-order valence-corrected chi connectivity index (χ2v) is 8.66. The Labute approximate surface area is 180 Å². The van der Waals surface area contributed by atoms with E-state index in [-0.39, 0.29) is 42.2 Å². The van der Waals surface area contributed by atoms with Gasteiger partial charge in [0.1, 0.15) is 6.04 Å². The van der Waals surface area contributed by atoms with Crippen molar-refractivity contribution < 1.29 is 19.5 Å². The summed E-state index contributed by atoms with van der Waals surface area (Å²) >= 11 is 0. The fourth-order valence-electron chi connectivity index (χ4n) is 5.06.